The third-order valence-electron chi connectivity index (χ3n) is 3.32. The van der Waals surface area contributed by atoms with Crippen molar-refractivity contribution in [3.8, 4) is 32.5 Å². The van der Waals surface area contributed by atoms with Gasteiger partial charge in [0.15, 0.2) is 0 Å². The van der Waals surface area contributed by atoms with Crippen LogP contribution in [0.1, 0.15) is 0 Å². The van der Waals surface area contributed by atoms with Gasteiger partial charge in [0.1, 0.15) is 21.4 Å². The van der Waals surface area contributed by atoms with Gasteiger partial charge in [0.2, 0.25) is 0 Å². The number of halogens is 2. The van der Waals surface area contributed by atoms with Crippen molar-refractivity contribution >= 4 is 54.5 Å². The molecule has 0 spiro atoms. The molecule has 4 rings (SSSR count). The summed E-state index contributed by atoms with van der Waals surface area (Å²) in [5.41, 5.74) is 3.92. The molecule has 3 aromatic heterocycles. The zero-order valence-corrected chi connectivity index (χ0v) is 16.9. The van der Waals surface area contributed by atoms with Crippen molar-refractivity contribution in [3.05, 3.63) is 62.4 Å². The first-order chi connectivity index (χ1) is 11.7. The molecule has 3 heterocycles. The maximum absolute atomic E-state index is 4.76. The van der Waals surface area contributed by atoms with Gasteiger partial charge in [-0.2, -0.15) is 0 Å². The van der Waals surface area contributed by atoms with Crippen molar-refractivity contribution in [2.45, 2.75) is 0 Å². The minimum atomic E-state index is 0.865. The molecule has 0 atom stereocenters. The van der Waals surface area contributed by atoms with Crippen LogP contribution >= 0.6 is 54.5 Å². The summed E-state index contributed by atoms with van der Waals surface area (Å²) in [5, 5.41) is 5.73. The minimum absolute atomic E-state index is 0.865. The Morgan fingerprint density at radius 1 is 0.667 bits per heavy atom. The molecule has 0 N–H and O–H groups in total. The lowest BCUT2D eigenvalue weighted by Crippen LogP contribution is -1.90. The molecule has 0 amide bonds. The molecule has 0 saturated heterocycles. The summed E-state index contributed by atoms with van der Waals surface area (Å²) < 4.78 is 2.05. The molecule has 0 aliphatic heterocycles. The summed E-state index contributed by atoms with van der Waals surface area (Å²) >= 11 is 10.3. The van der Waals surface area contributed by atoms with Gasteiger partial charge < -0.3 is 0 Å². The molecular formula is C17H9Br2N3S2. The van der Waals surface area contributed by atoms with Crippen LogP contribution in [0.15, 0.2) is 62.4 Å². The van der Waals surface area contributed by atoms with Crippen LogP contribution in [-0.4, -0.2) is 15.0 Å². The Kier molecular flexibility index (Phi) is 4.58. The molecule has 24 heavy (non-hydrogen) atoms. The molecule has 0 aliphatic rings. The molecule has 0 radical (unpaired) electrons. The normalized spacial score (nSPS) is 10.9. The lowest BCUT2D eigenvalue weighted by atomic mass is 10.0. The lowest BCUT2D eigenvalue weighted by molar-refractivity contribution is 1.27. The SMILES string of the molecule is Brc1cc(Br)cc(-c2cc(-c3nccs3)nc(-c3nccs3)c2)c1. The fraction of sp³-hybridized carbons (Fsp3) is 0. The van der Waals surface area contributed by atoms with Crippen LogP contribution in [0.3, 0.4) is 0 Å². The van der Waals surface area contributed by atoms with Gasteiger partial charge in [0, 0.05) is 32.1 Å². The molecule has 0 fully saturated rings. The Bertz CT molecular complexity index is 911. The summed E-state index contributed by atoms with van der Waals surface area (Å²) in [6.45, 7) is 0. The van der Waals surface area contributed by atoms with Gasteiger partial charge in [-0.3, -0.25) is 0 Å². The van der Waals surface area contributed by atoms with Gasteiger partial charge >= 0.3 is 0 Å². The Balaban J connectivity index is 1.93. The number of aromatic nitrogens is 3. The summed E-state index contributed by atoms with van der Waals surface area (Å²) in [5.74, 6) is 0. The highest BCUT2D eigenvalue weighted by molar-refractivity contribution is 9.11. The van der Waals surface area contributed by atoms with Crippen LogP contribution in [0, 0.1) is 0 Å². The topological polar surface area (TPSA) is 38.7 Å². The predicted molar refractivity (Wildman–Crippen MR) is 107 cm³/mol. The Morgan fingerprint density at radius 2 is 1.17 bits per heavy atom. The summed E-state index contributed by atoms with van der Waals surface area (Å²) in [6.07, 6.45) is 3.60. The standard InChI is InChI=1S/C17H9Br2N3S2/c18-12-5-10(6-13(19)9-12)11-7-14(16-20-1-3-23-16)22-15(8-11)17-21-2-4-24-17/h1-9H. The molecule has 0 saturated carbocycles. The van der Waals surface area contributed by atoms with Gasteiger partial charge in [0.25, 0.3) is 0 Å². The number of hydrogen-bond acceptors (Lipinski definition) is 5. The van der Waals surface area contributed by atoms with E-state index in [1.807, 2.05) is 16.8 Å². The largest absolute Gasteiger partial charge is 0.243 e. The molecule has 1 aromatic carbocycles. The monoisotopic (exact) mass is 477 g/mol. The van der Waals surface area contributed by atoms with Crippen molar-refractivity contribution in [2.75, 3.05) is 0 Å². The molecule has 0 unspecified atom stereocenters. The van der Waals surface area contributed by atoms with E-state index >= 15 is 0 Å². The lowest BCUT2D eigenvalue weighted by Gasteiger charge is -2.08. The zero-order chi connectivity index (χ0) is 16.5. The van der Waals surface area contributed by atoms with Crippen LogP contribution in [-0.2, 0) is 0 Å². The molecule has 0 bridgehead atoms. The summed E-state index contributed by atoms with van der Waals surface area (Å²) in [6, 6.07) is 10.4. The summed E-state index contributed by atoms with van der Waals surface area (Å²) in [4.78, 5) is 13.6. The Labute approximate surface area is 163 Å². The van der Waals surface area contributed by atoms with E-state index in [0.717, 1.165) is 41.5 Å². The second-order valence-corrected chi connectivity index (χ2v) is 8.58. The van der Waals surface area contributed by atoms with Gasteiger partial charge in [0.05, 0.1) is 0 Å². The maximum atomic E-state index is 4.76. The minimum Gasteiger partial charge on any atom is -0.243 e. The van der Waals surface area contributed by atoms with Crippen LogP contribution in [0.2, 0.25) is 0 Å². The van der Waals surface area contributed by atoms with Crippen molar-refractivity contribution in [1.82, 2.24) is 15.0 Å². The second-order valence-electron chi connectivity index (χ2n) is 4.96. The van der Waals surface area contributed by atoms with E-state index in [-0.39, 0.29) is 0 Å². The van der Waals surface area contributed by atoms with Gasteiger partial charge in [-0.15, -0.1) is 22.7 Å². The molecular weight excluding hydrogens is 470 g/mol. The van der Waals surface area contributed by atoms with Crippen LogP contribution in [0.25, 0.3) is 32.5 Å². The zero-order valence-electron chi connectivity index (χ0n) is 12.1. The van der Waals surface area contributed by atoms with E-state index in [9.17, 15) is 0 Å². The van der Waals surface area contributed by atoms with Crippen molar-refractivity contribution < 1.29 is 0 Å². The van der Waals surface area contributed by atoms with E-state index in [0.29, 0.717) is 0 Å². The number of thiazole rings is 2. The van der Waals surface area contributed by atoms with Crippen molar-refractivity contribution in [1.29, 1.82) is 0 Å². The molecule has 3 nitrogen and oxygen atoms in total. The first-order valence-corrected chi connectivity index (χ1v) is 10.3. The van der Waals surface area contributed by atoms with Crippen LogP contribution < -0.4 is 0 Å². The average molecular weight is 479 g/mol. The van der Waals surface area contributed by atoms with Crippen LogP contribution in [0.5, 0.6) is 0 Å². The second kappa shape index (κ2) is 6.84. The molecule has 7 heteroatoms. The highest BCUT2D eigenvalue weighted by Crippen LogP contribution is 2.33. The van der Waals surface area contributed by atoms with Gasteiger partial charge in [-0.1, -0.05) is 31.9 Å². The quantitative estimate of drug-likeness (QED) is 0.336. The third kappa shape index (κ3) is 3.35. The molecule has 0 aliphatic carbocycles. The summed E-state index contributed by atoms with van der Waals surface area (Å²) in [7, 11) is 0. The first-order valence-electron chi connectivity index (χ1n) is 6.97. The fourth-order valence-corrected chi connectivity index (χ4v) is 4.83. The van der Waals surface area contributed by atoms with Crippen LogP contribution in [0.4, 0.5) is 0 Å². The highest BCUT2D eigenvalue weighted by atomic mass is 79.9. The average Bonchev–Trinajstić information content (AvgIpc) is 3.27. The Morgan fingerprint density at radius 3 is 1.62 bits per heavy atom. The van der Waals surface area contributed by atoms with E-state index in [2.05, 4.69) is 66.1 Å². The highest BCUT2D eigenvalue weighted by Gasteiger charge is 2.12. The Hall–Kier alpha value is -1.41. The fourth-order valence-electron chi connectivity index (χ4n) is 2.34. The number of rotatable bonds is 3. The van der Waals surface area contributed by atoms with Gasteiger partial charge in [-0.05, 0) is 41.5 Å². The smallest absolute Gasteiger partial charge is 0.141 e. The number of pyridine rings is 1. The first kappa shape index (κ1) is 16.1. The maximum Gasteiger partial charge on any atom is 0.141 e. The molecule has 118 valence electrons. The molecule has 4 aromatic rings. The number of hydrogen-bond donors (Lipinski definition) is 0. The van der Waals surface area contributed by atoms with E-state index in [1.165, 1.54) is 0 Å². The van der Waals surface area contributed by atoms with E-state index in [4.69, 9.17) is 4.98 Å². The van der Waals surface area contributed by atoms with Crippen molar-refractivity contribution in [2.24, 2.45) is 0 Å². The predicted octanol–water partition coefficient (Wildman–Crippen LogP) is 6.52. The van der Waals surface area contributed by atoms with Crippen molar-refractivity contribution in [3.63, 3.8) is 0 Å². The van der Waals surface area contributed by atoms with E-state index < -0.39 is 0 Å². The third-order valence-corrected chi connectivity index (χ3v) is 5.83. The number of nitrogens with zero attached hydrogens (tertiary/aromatic N) is 3. The van der Waals surface area contributed by atoms with Gasteiger partial charge in [-0.25, -0.2) is 15.0 Å². The number of benzene rings is 1. The van der Waals surface area contributed by atoms with E-state index in [1.54, 1.807) is 35.1 Å².